The Morgan fingerprint density at radius 2 is 2.00 bits per heavy atom. The molecule has 45 heavy (non-hydrogen) atoms. The van der Waals surface area contributed by atoms with Gasteiger partial charge in [-0.25, -0.2) is 14.4 Å². The fourth-order valence-electron chi connectivity index (χ4n) is 7.79. The molecule has 4 aliphatic rings. The summed E-state index contributed by atoms with van der Waals surface area (Å²) in [6.45, 7) is 17.1. The molecule has 3 aromatic rings. The van der Waals surface area contributed by atoms with Crippen LogP contribution in [0.2, 0.25) is 0 Å². The molecule has 3 aliphatic carbocycles. The Balaban J connectivity index is 1.24. The number of aliphatic imine (C=N–C) groups is 1. The number of nitrogens with one attached hydrogen (secondary N) is 2. The highest BCUT2D eigenvalue weighted by molar-refractivity contribution is 5.96. The lowest BCUT2D eigenvalue weighted by Crippen LogP contribution is -2.59. The zero-order valence-corrected chi connectivity index (χ0v) is 27.9. The van der Waals surface area contributed by atoms with Gasteiger partial charge in [0.05, 0.1) is 30.4 Å². The second kappa shape index (κ2) is 12.0. The van der Waals surface area contributed by atoms with E-state index < -0.39 is 0 Å². The van der Waals surface area contributed by atoms with Crippen molar-refractivity contribution in [2.75, 3.05) is 32.1 Å². The van der Waals surface area contributed by atoms with Crippen molar-refractivity contribution in [3.8, 4) is 5.75 Å². The van der Waals surface area contributed by atoms with Crippen molar-refractivity contribution in [1.82, 2.24) is 19.8 Å². The summed E-state index contributed by atoms with van der Waals surface area (Å²) >= 11 is 0. The summed E-state index contributed by atoms with van der Waals surface area (Å²) in [6.07, 6.45) is 4.39. The van der Waals surface area contributed by atoms with E-state index in [9.17, 15) is 9.18 Å². The average Bonchev–Trinajstić information content (AvgIpc) is 3.01. The molecule has 9 heteroatoms. The summed E-state index contributed by atoms with van der Waals surface area (Å²) < 4.78 is 21.1. The van der Waals surface area contributed by atoms with Crippen LogP contribution in [0, 0.1) is 34.4 Å². The molecule has 2 bridgehead atoms. The summed E-state index contributed by atoms with van der Waals surface area (Å²) in [5, 5.41) is 7.92. The molecule has 5 atom stereocenters. The van der Waals surface area contributed by atoms with Crippen LogP contribution in [0.5, 0.6) is 5.75 Å². The van der Waals surface area contributed by atoms with Gasteiger partial charge in [-0.2, -0.15) is 0 Å². The van der Waals surface area contributed by atoms with Gasteiger partial charge in [-0.15, -0.1) is 0 Å². The van der Waals surface area contributed by atoms with Crippen molar-refractivity contribution in [2.45, 2.75) is 79.4 Å². The molecule has 2 heterocycles. The maximum absolute atomic E-state index is 14.5. The highest BCUT2D eigenvalue weighted by Crippen LogP contribution is 2.61. The van der Waals surface area contributed by atoms with Crippen molar-refractivity contribution >= 4 is 22.5 Å². The predicted octanol–water partition coefficient (Wildman–Crippen LogP) is 5.95. The van der Waals surface area contributed by atoms with Crippen LogP contribution in [0.1, 0.15) is 59.9 Å². The van der Waals surface area contributed by atoms with Gasteiger partial charge in [-0.05, 0) is 77.7 Å². The van der Waals surface area contributed by atoms with E-state index in [0.717, 1.165) is 43.6 Å². The molecule has 1 aliphatic heterocycles. The van der Waals surface area contributed by atoms with Crippen molar-refractivity contribution < 1.29 is 9.13 Å². The third-order valence-corrected chi connectivity index (χ3v) is 11.1. The third-order valence-electron chi connectivity index (χ3n) is 11.1. The molecular formula is C36H49FN6O2. The minimum atomic E-state index is -0.342. The number of hydrogen-bond acceptors (Lipinski definition) is 5. The van der Waals surface area contributed by atoms with Gasteiger partial charge in [0.2, 0.25) is 0 Å². The molecule has 8 nitrogen and oxygen atoms in total. The molecular weight excluding hydrogens is 567 g/mol. The van der Waals surface area contributed by atoms with Crippen molar-refractivity contribution in [1.29, 1.82) is 0 Å². The monoisotopic (exact) mass is 616 g/mol. The Morgan fingerprint density at radius 3 is 2.69 bits per heavy atom. The molecule has 0 unspecified atom stereocenters. The molecule has 3 saturated carbocycles. The zero-order valence-electron chi connectivity index (χ0n) is 27.9. The van der Waals surface area contributed by atoms with Crippen LogP contribution in [0.25, 0.3) is 10.9 Å². The van der Waals surface area contributed by atoms with E-state index >= 15 is 0 Å². The molecule has 0 amide bonds. The Morgan fingerprint density at radius 1 is 1.20 bits per heavy atom. The zero-order chi connectivity index (χ0) is 32.1. The number of aromatic nitrogens is 2. The van der Waals surface area contributed by atoms with Gasteiger partial charge in [0.25, 0.3) is 5.56 Å². The van der Waals surface area contributed by atoms with Crippen LogP contribution < -0.4 is 20.9 Å². The number of halogens is 1. The Hall–Kier alpha value is -3.46. The second-order valence-electron chi connectivity index (χ2n) is 15.1. The minimum absolute atomic E-state index is 0.124. The number of piperazine rings is 1. The molecule has 1 aromatic heterocycles. The Labute approximate surface area is 266 Å². The van der Waals surface area contributed by atoms with E-state index in [2.05, 4.69) is 62.1 Å². The van der Waals surface area contributed by atoms with Crippen molar-refractivity contribution in [3.05, 3.63) is 64.5 Å². The van der Waals surface area contributed by atoms with Crippen LogP contribution in [-0.4, -0.2) is 59.2 Å². The first kappa shape index (κ1) is 31.5. The molecule has 2 aromatic carbocycles. The Bertz CT molecular complexity index is 1640. The van der Waals surface area contributed by atoms with E-state index in [4.69, 9.17) is 9.73 Å². The maximum atomic E-state index is 14.5. The van der Waals surface area contributed by atoms with Gasteiger partial charge in [0.15, 0.2) is 5.96 Å². The van der Waals surface area contributed by atoms with Gasteiger partial charge < -0.3 is 20.3 Å². The Kier molecular flexibility index (Phi) is 8.44. The second-order valence-corrected chi connectivity index (χ2v) is 15.1. The number of hydrogen-bond donors (Lipinski definition) is 2. The van der Waals surface area contributed by atoms with Gasteiger partial charge in [-0.1, -0.05) is 47.6 Å². The molecule has 4 fully saturated rings. The molecule has 242 valence electrons. The summed E-state index contributed by atoms with van der Waals surface area (Å²) in [4.78, 5) is 25.9. The van der Waals surface area contributed by atoms with E-state index in [0.29, 0.717) is 58.5 Å². The first-order chi connectivity index (χ1) is 21.3. The molecule has 7 rings (SSSR count). The molecule has 2 N–H and O–H groups in total. The molecule has 1 saturated heterocycles. The number of fused-ring (bicyclic) bond motifs is 3. The average molecular weight is 617 g/mol. The van der Waals surface area contributed by atoms with Crippen molar-refractivity contribution in [3.63, 3.8) is 0 Å². The predicted molar refractivity (Wildman–Crippen MR) is 179 cm³/mol. The lowest BCUT2D eigenvalue weighted by atomic mass is 9.45. The lowest BCUT2D eigenvalue weighted by molar-refractivity contribution is -0.108. The van der Waals surface area contributed by atoms with Crippen LogP contribution >= 0.6 is 0 Å². The van der Waals surface area contributed by atoms with E-state index in [1.54, 1.807) is 23.0 Å². The fraction of sp³-hybridized carbons (Fsp3) is 0.583. The quantitative estimate of drug-likeness (QED) is 0.263. The number of methoxy groups -OCH3 is 1. The number of benzene rings is 2. The van der Waals surface area contributed by atoms with E-state index in [1.807, 2.05) is 18.2 Å². The van der Waals surface area contributed by atoms with E-state index in [-0.39, 0.29) is 22.8 Å². The summed E-state index contributed by atoms with van der Waals surface area (Å²) in [5.41, 5.74) is 2.42. The number of nitrogens with zero attached hydrogens (tertiary/aromatic N) is 4. The lowest BCUT2D eigenvalue weighted by Gasteiger charge is -2.61. The normalized spacial score (nSPS) is 26.4. The van der Waals surface area contributed by atoms with Gasteiger partial charge >= 0.3 is 0 Å². The first-order valence-electron chi connectivity index (χ1n) is 16.5. The number of anilines is 1. The molecule has 0 spiro atoms. The smallest absolute Gasteiger partial charge is 0.261 e. The number of aryl methyl sites for hydroxylation is 2. The van der Waals surface area contributed by atoms with Gasteiger partial charge in [0, 0.05) is 44.0 Å². The van der Waals surface area contributed by atoms with Crippen molar-refractivity contribution in [2.24, 2.45) is 33.6 Å². The summed E-state index contributed by atoms with van der Waals surface area (Å²) in [6, 6.07) is 11.2. The van der Waals surface area contributed by atoms with Crippen LogP contribution in [0.15, 0.2) is 52.5 Å². The van der Waals surface area contributed by atoms with Gasteiger partial charge in [0.1, 0.15) is 11.6 Å². The summed E-state index contributed by atoms with van der Waals surface area (Å²) in [5.74, 6) is 3.02. The highest BCUT2D eigenvalue weighted by atomic mass is 19.1. The van der Waals surface area contributed by atoms with E-state index in [1.165, 1.54) is 19.6 Å². The molecule has 0 radical (unpaired) electrons. The number of ether oxygens (including phenoxy) is 1. The minimum Gasteiger partial charge on any atom is -0.497 e. The van der Waals surface area contributed by atoms with Crippen LogP contribution in [0.3, 0.4) is 0 Å². The third kappa shape index (κ3) is 6.20. The maximum Gasteiger partial charge on any atom is 0.261 e. The largest absolute Gasteiger partial charge is 0.497 e. The SMILES string of the molecule is COc1ccc(CCn2cnc3cc(NC(=N[C@H]4C[C@@H]5C[C@H]([C@@H]4C)C5(C)C)N4CCN[C@@H](C(C)(C)C)C4)ccc3c2=O)c(F)c1. The first-order valence-corrected chi connectivity index (χ1v) is 16.5. The van der Waals surface area contributed by atoms with Crippen LogP contribution in [-0.2, 0) is 13.0 Å². The topological polar surface area (TPSA) is 83.8 Å². The number of rotatable bonds is 6. The highest BCUT2D eigenvalue weighted by Gasteiger charge is 2.56. The summed E-state index contributed by atoms with van der Waals surface area (Å²) in [7, 11) is 1.51. The van der Waals surface area contributed by atoms with Gasteiger partial charge in [-0.3, -0.25) is 9.36 Å². The van der Waals surface area contributed by atoms with Crippen LogP contribution in [0.4, 0.5) is 10.1 Å². The number of guanidine groups is 1. The fourth-order valence-corrected chi connectivity index (χ4v) is 7.79. The standard InChI is InChI=1S/C36H49FN6O2/c1-22-28-16-24(36(28,5)6)17-30(22)41-34(42-15-13-38-32(20-42)35(2,3)4)40-25-9-11-27-31(18-25)39-21-43(33(27)44)14-12-23-8-10-26(45-7)19-29(23)37/h8-11,18-19,21-22,24,28,30,32,38H,12-17,20H2,1-7H3,(H,40,41)/t22-,24-,28+,30-,32+/m0/s1.